The Kier molecular flexibility index (Phi) is 3.97. The third kappa shape index (κ3) is 3.50. The van der Waals surface area contributed by atoms with E-state index in [0.717, 1.165) is 12.0 Å². The third-order valence-corrected chi connectivity index (χ3v) is 2.13. The molecule has 15 heavy (non-hydrogen) atoms. The van der Waals surface area contributed by atoms with Crippen molar-refractivity contribution in [3.8, 4) is 11.5 Å². The van der Waals surface area contributed by atoms with Gasteiger partial charge in [-0.1, -0.05) is 6.07 Å². The van der Waals surface area contributed by atoms with Crippen molar-refractivity contribution in [1.29, 1.82) is 0 Å². The summed E-state index contributed by atoms with van der Waals surface area (Å²) >= 11 is 0. The number of phenols is 1. The maximum Gasteiger partial charge on any atom is 0.217 e. The molecule has 82 valence electrons. The minimum Gasteiger partial charge on any atom is -0.504 e. The Bertz CT molecular complexity index is 350. The summed E-state index contributed by atoms with van der Waals surface area (Å²) < 4.78 is 4.92. The molecule has 0 saturated carbocycles. The van der Waals surface area contributed by atoms with Gasteiger partial charge < -0.3 is 15.6 Å². The number of rotatable bonds is 5. The number of phenolic OH excluding ortho intramolecular Hbond substituents is 1. The summed E-state index contributed by atoms with van der Waals surface area (Å²) in [5.74, 6) is 0.274. The molecule has 1 aromatic carbocycles. The van der Waals surface area contributed by atoms with E-state index in [9.17, 15) is 9.90 Å². The molecule has 0 spiro atoms. The van der Waals surface area contributed by atoms with Crippen LogP contribution >= 0.6 is 0 Å². The molecule has 0 aliphatic carbocycles. The van der Waals surface area contributed by atoms with Crippen LogP contribution in [0.1, 0.15) is 18.4 Å². The summed E-state index contributed by atoms with van der Waals surface area (Å²) in [6, 6.07) is 5.20. The highest BCUT2D eigenvalue weighted by molar-refractivity contribution is 5.73. The molecule has 1 amide bonds. The lowest BCUT2D eigenvalue weighted by molar-refractivity contribution is -0.118. The van der Waals surface area contributed by atoms with Gasteiger partial charge in [-0.25, -0.2) is 0 Å². The quantitative estimate of drug-likeness (QED) is 0.765. The van der Waals surface area contributed by atoms with E-state index in [1.165, 1.54) is 7.11 Å². The molecule has 4 nitrogen and oxygen atoms in total. The predicted molar refractivity (Wildman–Crippen MR) is 56.8 cm³/mol. The average molecular weight is 209 g/mol. The van der Waals surface area contributed by atoms with E-state index in [1.807, 2.05) is 6.07 Å². The second-order valence-corrected chi connectivity index (χ2v) is 3.33. The van der Waals surface area contributed by atoms with Crippen molar-refractivity contribution in [3.63, 3.8) is 0 Å². The standard InChI is InChI=1S/C11H15NO3/c1-15-10-6-5-8(7-9(10)13)3-2-4-11(12)14/h5-7,13H,2-4H2,1H3,(H2,12,14). The highest BCUT2D eigenvalue weighted by atomic mass is 16.5. The van der Waals surface area contributed by atoms with Crippen LogP contribution in [0.15, 0.2) is 18.2 Å². The number of primary amides is 1. The first-order valence-corrected chi connectivity index (χ1v) is 4.77. The second kappa shape index (κ2) is 5.24. The Balaban J connectivity index is 2.55. The number of nitrogens with two attached hydrogens (primary N) is 1. The summed E-state index contributed by atoms with van der Waals surface area (Å²) in [6.45, 7) is 0. The molecular formula is C11H15NO3. The smallest absolute Gasteiger partial charge is 0.217 e. The van der Waals surface area contributed by atoms with Crippen molar-refractivity contribution in [3.05, 3.63) is 23.8 Å². The number of hydrogen-bond acceptors (Lipinski definition) is 3. The zero-order chi connectivity index (χ0) is 11.3. The van der Waals surface area contributed by atoms with Crippen molar-refractivity contribution < 1.29 is 14.6 Å². The number of ether oxygens (including phenoxy) is 1. The molecule has 0 saturated heterocycles. The highest BCUT2D eigenvalue weighted by Crippen LogP contribution is 2.26. The summed E-state index contributed by atoms with van der Waals surface area (Å²) in [6.07, 6.45) is 1.79. The lowest BCUT2D eigenvalue weighted by Gasteiger charge is -2.05. The lowest BCUT2D eigenvalue weighted by Crippen LogP contribution is -2.10. The van der Waals surface area contributed by atoms with Gasteiger partial charge in [-0.3, -0.25) is 4.79 Å². The predicted octanol–water partition coefficient (Wildman–Crippen LogP) is 1.21. The van der Waals surface area contributed by atoms with Crippen LogP contribution in [0.2, 0.25) is 0 Å². The number of carbonyl (C=O) groups is 1. The molecule has 0 atom stereocenters. The van der Waals surface area contributed by atoms with Crippen LogP contribution in [0.4, 0.5) is 0 Å². The van der Waals surface area contributed by atoms with Crippen molar-refractivity contribution in [1.82, 2.24) is 0 Å². The normalized spacial score (nSPS) is 9.93. The zero-order valence-corrected chi connectivity index (χ0v) is 8.69. The molecule has 0 heterocycles. The van der Waals surface area contributed by atoms with Gasteiger partial charge >= 0.3 is 0 Å². The number of carbonyl (C=O) groups excluding carboxylic acids is 1. The van der Waals surface area contributed by atoms with Gasteiger partial charge in [-0.2, -0.15) is 0 Å². The van der Waals surface area contributed by atoms with Gasteiger partial charge in [0.15, 0.2) is 11.5 Å². The zero-order valence-electron chi connectivity index (χ0n) is 8.69. The Morgan fingerprint density at radius 3 is 2.80 bits per heavy atom. The molecule has 0 radical (unpaired) electrons. The Morgan fingerprint density at radius 1 is 1.53 bits per heavy atom. The fraction of sp³-hybridized carbons (Fsp3) is 0.364. The van der Waals surface area contributed by atoms with Gasteiger partial charge in [0.1, 0.15) is 0 Å². The number of amides is 1. The SMILES string of the molecule is COc1ccc(CCCC(N)=O)cc1O. The van der Waals surface area contributed by atoms with Crippen LogP contribution < -0.4 is 10.5 Å². The third-order valence-electron chi connectivity index (χ3n) is 2.13. The first-order chi connectivity index (χ1) is 7.13. The molecule has 3 N–H and O–H groups in total. The number of methoxy groups -OCH3 is 1. The monoisotopic (exact) mass is 209 g/mol. The van der Waals surface area contributed by atoms with Gasteiger partial charge in [0.05, 0.1) is 7.11 Å². The van der Waals surface area contributed by atoms with E-state index in [-0.39, 0.29) is 11.7 Å². The van der Waals surface area contributed by atoms with Gasteiger partial charge in [-0.05, 0) is 30.5 Å². The summed E-state index contributed by atoms with van der Waals surface area (Å²) in [5.41, 5.74) is 5.99. The molecule has 0 aliphatic heterocycles. The maximum absolute atomic E-state index is 10.5. The van der Waals surface area contributed by atoms with E-state index in [2.05, 4.69) is 0 Å². The molecule has 0 aromatic heterocycles. The molecule has 1 aromatic rings. The highest BCUT2D eigenvalue weighted by Gasteiger charge is 2.02. The lowest BCUT2D eigenvalue weighted by atomic mass is 10.1. The molecule has 4 heteroatoms. The minimum absolute atomic E-state index is 0.120. The van der Waals surface area contributed by atoms with E-state index >= 15 is 0 Å². The van der Waals surface area contributed by atoms with E-state index < -0.39 is 0 Å². The number of aromatic hydroxyl groups is 1. The number of benzene rings is 1. The minimum atomic E-state index is -0.298. The largest absolute Gasteiger partial charge is 0.504 e. The Labute approximate surface area is 88.7 Å². The van der Waals surface area contributed by atoms with E-state index in [4.69, 9.17) is 10.5 Å². The van der Waals surface area contributed by atoms with Gasteiger partial charge in [0.25, 0.3) is 0 Å². The van der Waals surface area contributed by atoms with Crippen LogP contribution in [-0.4, -0.2) is 18.1 Å². The molecule has 0 unspecified atom stereocenters. The van der Waals surface area contributed by atoms with Crippen molar-refractivity contribution >= 4 is 5.91 Å². The number of aryl methyl sites for hydroxylation is 1. The van der Waals surface area contributed by atoms with E-state index in [1.54, 1.807) is 12.1 Å². The van der Waals surface area contributed by atoms with Gasteiger partial charge in [0.2, 0.25) is 5.91 Å². The molecule has 0 bridgehead atoms. The molecule has 0 fully saturated rings. The van der Waals surface area contributed by atoms with Crippen LogP contribution in [-0.2, 0) is 11.2 Å². The van der Waals surface area contributed by atoms with Crippen molar-refractivity contribution in [2.45, 2.75) is 19.3 Å². The van der Waals surface area contributed by atoms with Crippen LogP contribution in [0.25, 0.3) is 0 Å². The summed E-state index contributed by atoms with van der Waals surface area (Å²) in [7, 11) is 1.50. The maximum atomic E-state index is 10.5. The summed E-state index contributed by atoms with van der Waals surface area (Å²) in [4.78, 5) is 10.5. The van der Waals surface area contributed by atoms with Crippen LogP contribution in [0.5, 0.6) is 11.5 Å². The molecular weight excluding hydrogens is 194 g/mol. The van der Waals surface area contributed by atoms with Crippen LogP contribution in [0.3, 0.4) is 0 Å². The Morgan fingerprint density at radius 2 is 2.27 bits per heavy atom. The van der Waals surface area contributed by atoms with Gasteiger partial charge in [-0.15, -0.1) is 0 Å². The first-order valence-electron chi connectivity index (χ1n) is 4.77. The van der Waals surface area contributed by atoms with Gasteiger partial charge in [0, 0.05) is 6.42 Å². The number of hydrogen-bond donors (Lipinski definition) is 2. The molecule has 1 rings (SSSR count). The fourth-order valence-electron chi connectivity index (χ4n) is 1.36. The van der Waals surface area contributed by atoms with Crippen molar-refractivity contribution in [2.24, 2.45) is 5.73 Å². The first kappa shape index (κ1) is 11.4. The summed E-state index contributed by atoms with van der Waals surface area (Å²) in [5, 5.41) is 9.48. The topological polar surface area (TPSA) is 72.5 Å². The van der Waals surface area contributed by atoms with E-state index in [0.29, 0.717) is 18.6 Å². The van der Waals surface area contributed by atoms with Crippen molar-refractivity contribution in [2.75, 3.05) is 7.11 Å². The average Bonchev–Trinajstić information content (AvgIpc) is 2.17. The second-order valence-electron chi connectivity index (χ2n) is 3.33. The fourth-order valence-corrected chi connectivity index (χ4v) is 1.36. The molecule has 0 aliphatic rings. The Hall–Kier alpha value is -1.71. The van der Waals surface area contributed by atoms with Crippen LogP contribution in [0, 0.1) is 0 Å².